The van der Waals surface area contributed by atoms with Crippen LogP contribution in [0.15, 0.2) is 30.3 Å². The highest BCUT2D eigenvalue weighted by molar-refractivity contribution is 7.88. The largest absolute Gasteiger partial charge is 0.339 e. The minimum Gasteiger partial charge on any atom is -0.339 e. The van der Waals surface area contributed by atoms with Gasteiger partial charge in [0.1, 0.15) is 0 Å². The number of nitrogens with zero attached hydrogens (tertiary/aromatic N) is 2. The first kappa shape index (κ1) is 18.9. The van der Waals surface area contributed by atoms with E-state index in [-0.39, 0.29) is 30.6 Å². The van der Waals surface area contributed by atoms with Crippen molar-refractivity contribution in [2.45, 2.75) is 5.75 Å². The Morgan fingerprint density at radius 2 is 1.82 bits per heavy atom. The van der Waals surface area contributed by atoms with Crippen molar-refractivity contribution in [3.05, 3.63) is 35.9 Å². The normalized spacial score (nSPS) is 15.5. The van der Waals surface area contributed by atoms with Gasteiger partial charge in [-0.3, -0.25) is 4.79 Å². The second-order valence-corrected chi connectivity index (χ2v) is 7.20. The summed E-state index contributed by atoms with van der Waals surface area (Å²) >= 11 is 0. The van der Waals surface area contributed by atoms with Gasteiger partial charge in [-0.2, -0.15) is 4.31 Å². The quantitative estimate of drug-likeness (QED) is 0.832. The number of nitrogens with one attached hydrogen (secondary N) is 1. The molecule has 1 heterocycles. The Kier molecular flexibility index (Phi) is 7.28. The average Bonchev–Trinajstić information content (AvgIpc) is 2.48. The maximum atomic E-state index is 12.3. The molecule has 1 aromatic carbocycles. The number of halogens is 1. The molecule has 1 saturated heterocycles. The summed E-state index contributed by atoms with van der Waals surface area (Å²) in [5.41, 5.74) is 0.721. The van der Waals surface area contributed by atoms with Crippen LogP contribution in [0.1, 0.15) is 5.56 Å². The Balaban J connectivity index is 0.00000242. The molecule has 0 saturated carbocycles. The third kappa shape index (κ3) is 5.24. The lowest BCUT2D eigenvalue weighted by Gasteiger charge is -2.29. The summed E-state index contributed by atoms with van der Waals surface area (Å²) in [6, 6.07) is 8.98. The summed E-state index contributed by atoms with van der Waals surface area (Å²) in [4.78, 5) is 13.8. The third-order valence-electron chi connectivity index (χ3n) is 3.49. The first-order valence-electron chi connectivity index (χ1n) is 6.95. The smallest absolute Gasteiger partial charge is 0.237 e. The molecule has 0 aromatic heterocycles. The highest BCUT2D eigenvalue weighted by Gasteiger charge is 2.24. The van der Waals surface area contributed by atoms with Crippen LogP contribution in [-0.4, -0.2) is 63.3 Å². The molecule has 0 unspecified atom stereocenters. The lowest BCUT2D eigenvalue weighted by molar-refractivity contribution is -0.131. The Labute approximate surface area is 137 Å². The molecule has 0 atom stereocenters. The fraction of sp³-hybridized carbons (Fsp3) is 0.500. The number of amides is 1. The van der Waals surface area contributed by atoms with Crippen LogP contribution < -0.4 is 5.32 Å². The molecule has 2 rings (SSSR count). The van der Waals surface area contributed by atoms with E-state index in [1.54, 1.807) is 29.2 Å². The summed E-state index contributed by atoms with van der Waals surface area (Å²) in [5.74, 6) is -0.227. The lowest BCUT2D eigenvalue weighted by Crippen LogP contribution is -2.49. The molecule has 1 amide bonds. The van der Waals surface area contributed by atoms with E-state index in [2.05, 4.69) is 5.32 Å². The first-order valence-corrected chi connectivity index (χ1v) is 8.56. The second-order valence-electron chi connectivity index (χ2n) is 5.13. The molecule has 1 aromatic rings. The van der Waals surface area contributed by atoms with Crippen molar-refractivity contribution in [3.8, 4) is 0 Å². The summed E-state index contributed by atoms with van der Waals surface area (Å²) in [6.07, 6.45) is 0. The maximum absolute atomic E-state index is 12.3. The van der Waals surface area contributed by atoms with Crippen LogP contribution in [-0.2, 0) is 20.6 Å². The van der Waals surface area contributed by atoms with Gasteiger partial charge in [-0.25, -0.2) is 8.42 Å². The van der Waals surface area contributed by atoms with Gasteiger partial charge in [0.05, 0.1) is 12.3 Å². The number of piperazine rings is 1. The fourth-order valence-electron chi connectivity index (χ4n) is 2.20. The number of hydrogen-bond acceptors (Lipinski definition) is 4. The van der Waals surface area contributed by atoms with E-state index >= 15 is 0 Å². The molecule has 22 heavy (non-hydrogen) atoms. The Bertz CT molecular complexity index is 574. The van der Waals surface area contributed by atoms with Crippen LogP contribution in [0.4, 0.5) is 0 Å². The summed E-state index contributed by atoms with van der Waals surface area (Å²) in [5, 5.41) is 3.16. The summed E-state index contributed by atoms with van der Waals surface area (Å²) in [7, 11) is -2.02. The van der Waals surface area contributed by atoms with Gasteiger partial charge >= 0.3 is 0 Å². The third-order valence-corrected chi connectivity index (χ3v) is 5.27. The van der Waals surface area contributed by atoms with Crippen molar-refractivity contribution < 1.29 is 13.2 Å². The molecule has 1 aliphatic rings. The molecule has 0 spiro atoms. The van der Waals surface area contributed by atoms with Gasteiger partial charge in [0.2, 0.25) is 15.9 Å². The van der Waals surface area contributed by atoms with Gasteiger partial charge in [0.25, 0.3) is 0 Å². The SMILES string of the molecule is CN(CC(=O)N1CCNCC1)S(=O)(=O)Cc1ccccc1.Cl. The van der Waals surface area contributed by atoms with Crippen molar-refractivity contribution in [2.24, 2.45) is 0 Å². The standard InChI is InChI=1S/C14H21N3O3S.ClH/c1-16(11-14(18)17-9-7-15-8-10-17)21(19,20)12-13-5-3-2-4-6-13;/h2-6,15H,7-12H2,1H3;1H. The van der Waals surface area contributed by atoms with Crippen LogP contribution >= 0.6 is 12.4 Å². The summed E-state index contributed by atoms with van der Waals surface area (Å²) < 4.78 is 25.7. The molecule has 0 radical (unpaired) electrons. The number of carbonyl (C=O) groups is 1. The van der Waals surface area contributed by atoms with Gasteiger partial charge in [0.15, 0.2) is 0 Å². The van der Waals surface area contributed by atoms with Gasteiger partial charge < -0.3 is 10.2 Å². The Morgan fingerprint density at radius 3 is 2.41 bits per heavy atom. The molecular formula is C14H22ClN3O3S. The molecule has 124 valence electrons. The average molecular weight is 348 g/mol. The zero-order valence-electron chi connectivity index (χ0n) is 12.6. The van der Waals surface area contributed by atoms with Gasteiger partial charge in [-0.05, 0) is 5.56 Å². The van der Waals surface area contributed by atoms with E-state index in [0.29, 0.717) is 13.1 Å². The molecule has 1 aliphatic heterocycles. The van der Waals surface area contributed by atoms with Crippen LogP contribution in [0.2, 0.25) is 0 Å². The zero-order valence-corrected chi connectivity index (χ0v) is 14.2. The molecule has 0 bridgehead atoms. The van der Waals surface area contributed by atoms with Gasteiger partial charge in [-0.1, -0.05) is 30.3 Å². The van der Waals surface area contributed by atoms with E-state index in [0.717, 1.165) is 23.0 Å². The first-order chi connectivity index (χ1) is 9.99. The predicted molar refractivity (Wildman–Crippen MR) is 88.4 cm³/mol. The Morgan fingerprint density at radius 1 is 1.23 bits per heavy atom. The van der Waals surface area contributed by atoms with Gasteiger partial charge in [0, 0.05) is 33.2 Å². The monoisotopic (exact) mass is 347 g/mol. The zero-order chi connectivity index (χ0) is 15.3. The van der Waals surface area contributed by atoms with Crippen molar-refractivity contribution in [1.82, 2.24) is 14.5 Å². The van der Waals surface area contributed by atoms with Crippen LogP contribution in [0, 0.1) is 0 Å². The van der Waals surface area contributed by atoms with E-state index in [1.165, 1.54) is 7.05 Å². The van der Waals surface area contributed by atoms with Crippen molar-refractivity contribution in [1.29, 1.82) is 0 Å². The number of rotatable bonds is 5. The number of carbonyl (C=O) groups excluding carboxylic acids is 1. The van der Waals surface area contributed by atoms with E-state index < -0.39 is 10.0 Å². The molecule has 1 fully saturated rings. The lowest BCUT2D eigenvalue weighted by atomic mass is 10.2. The van der Waals surface area contributed by atoms with Crippen LogP contribution in [0.3, 0.4) is 0 Å². The van der Waals surface area contributed by atoms with Crippen molar-refractivity contribution in [2.75, 3.05) is 39.8 Å². The number of likely N-dealkylation sites (N-methyl/N-ethyl adjacent to an activating group) is 1. The second kappa shape index (κ2) is 8.47. The predicted octanol–water partition coefficient (Wildman–Crippen LogP) is 0.302. The number of benzene rings is 1. The van der Waals surface area contributed by atoms with Crippen LogP contribution in [0.25, 0.3) is 0 Å². The molecule has 1 N–H and O–H groups in total. The van der Waals surface area contributed by atoms with Crippen LogP contribution in [0.5, 0.6) is 0 Å². The van der Waals surface area contributed by atoms with E-state index in [4.69, 9.17) is 0 Å². The van der Waals surface area contributed by atoms with Gasteiger partial charge in [-0.15, -0.1) is 12.4 Å². The highest BCUT2D eigenvalue weighted by atomic mass is 35.5. The maximum Gasteiger partial charge on any atom is 0.237 e. The summed E-state index contributed by atoms with van der Waals surface area (Å²) in [6.45, 7) is 2.67. The Hall–Kier alpha value is -1.15. The molecular weight excluding hydrogens is 326 g/mol. The number of hydrogen-bond donors (Lipinski definition) is 1. The minimum absolute atomic E-state index is 0. The highest BCUT2D eigenvalue weighted by Crippen LogP contribution is 2.09. The number of sulfonamides is 1. The van der Waals surface area contributed by atoms with E-state index in [9.17, 15) is 13.2 Å². The molecule has 6 nitrogen and oxygen atoms in total. The fourth-order valence-corrected chi connectivity index (χ4v) is 3.34. The van der Waals surface area contributed by atoms with E-state index in [1.807, 2.05) is 6.07 Å². The van der Waals surface area contributed by atoms with Crippen molar-refractivity contribution >= 4 is 28.3 Å². The minimum atomic E-state index is -3.48. The topological polar surface area (TPSA) is 69.7 Å². The van der Waals surface area contributed by atoms with Crippen molar-refractivity contribution in [3.63, 3.8) is 0 Å². The molecule has 8 heteroatoms. The molecule has 0 aliphatic carbocycles.